The zero-order chi connectivity index (χ0) is 27.9. The highest BCUT2D eigenvalue weighted by Gasteiger charge is 2.44. The third-order valence-electron chi connectivity index (χ3n) is 7.02. The maximum Gasteiger partial charge on any atom is 0.523 e. The molecule has 0 radical (unpaired) electrons. The molecule has 9 heteroatoms. The summed E-state index contributed by atoms with van der Waals surface area (Å²) in [6.07, 6.45) is 0.945. The summed E-state index contributed by atoms with van der Waals surface area (Å²) in [5.41, 5.74) is 1.85. The molecule has 5 rings (SSSR count). The van der Waals surface area contributed by atoms with Gasteiger partial charge < -0.3 is 0 Å². The molecular weight excluding hydrogens is 501 g/mol. The molecule has 39 heavy (non-hydrogen) atoms. The van der Waals surface area contributed by atoms with Crippen molar-refractivity contribution < 1.29 is 13.2 Å². The van der Waals surface area contributed by atoms with Gasteiger partial charge in [0.25, 0.3) is 0 Å². The number of halogens is 3. The van der Waals surface area contributed by atoms with E-state index in [4.69, 9.17) is 13.1 Å². The number of alkyl halides is 3. The summed E-state index contributed by atoms with van der Waals surface area (Å²) in [6, 6.07) is 9.89. The molecule has 0 saturated carbocycles. The highest BCUT2D eigenvalue weighted by atomic mass is 19.4. The van der Waals surface area contributed by atoms with Crippen LogP contribution in [0.2, 0.25) is 0 Å². The average molecular weight is 516 g/mol. The molecule has 2 heterocycles. The lowest BCUT2D eigenvalue weighted by molar-refractivity contribution is -0.0695. The molecule has 0 N–H and O–H groups in total. The highest BCUT2D eigenvalue weighted by molar-refractivity contribution is 5.92. The Labute approximate surface area is 221 Å². The number of fused-ring (bicyclic) bond motifs is 2. The number of benzene rings is 1. The van der Waals surface area contributed by atoms with Crippen molar-refractivity contribution >= 4 is 11.1 Å². The third-order valence-corrected chi connectivity index (χ3v) is 7.02. The van der Waals surface area contributed by atoms with Gasteiger partial charge in [0, 0.05) is 31.2 Å². The van der Waals surface area contributed by atoms with Crippen molar-refractivity contribution in [3.63, 3.8) is 0 Å². The summed E-state index contributed by atoms with van der Waals surface area (Å²) in [6.45, 7) is 16.8. The van der Waals surface area contributed by atoms with Crippen LogP contribution in [-0.4, -0.2) is 16.1 Å². The molecule has 0 bridgehead atoms. The van der Waals surface area contributed by atoms with Crippen LogP contribution in [0.15, 0.2) is 71.6 Å². The number of pyridine rings is 2. The highest BCUT2D eigenvalue weighted by Crippen LogP contribution is 2.43. The lowest BCUT2D eigenvalue weighted by Gasteiger charge is -2.17. The van der Waals surface area contributed by atoms with E-state index in [-0.39, 0.29) is 29.5 Å². The number of rotatable bonds is 2. The van der Waals surface area contributed by atoms with Gasteiger partial charge in [-0.3, -0.25) is 9.97 Å². The Kier molecular flexibility index (Phi) is 6.07. The van der Waals surface area contributed by atoms with Crippen molar-refractivity contribution in [3.05, 3.63) is 116 Å². The Morgan fingerprint density at radius 3 is 1.74 bits per heavy atom. The SMILES string of the molecule is [C-]#[N+]C([N+]#[C-])=C1Cc2c(-c3ccncc3)c3c(c(-c4ccncc4)c2=C1C)CC(=C(C#N)C#N)C=3C(F)(F)F. The molecule has 0 saturated heterocycles. The Balaban J connectivity index is 2.15. The average Bonchev–Trinajstić information content (AvgIpc) is 3.49. The molecule has 1 aromatic carbocycles. The van der Waals surface area contributed by atoms with Crippen molar-refractivity contribution in [2.24, 2.45) is 0 Å². The maximum absolute atomic E-state index is 14.9. The molecule has 0 fully saturated rings. The quantitative estimate of drug-likeness (QED) is 0.346. The summed E-state index contributed by atoms with van der Waals surface area (Å²) >= 11 is 0. The largest absolute Gasteiger partial charge is 0.523 e. The van der Waals surface area contributed by atoms with Crippen molar-refractivity contribution in [1.82, 2.24) is 9.97 Å². The lowest BCUT2D eigenvalue weighted by Crippen LogP contribution is -2.27. The number of nitrogens with zero attached hydrogens (tertiary/aromatic N) is 6. The van der Waals surface area contributed by atoms with Crippen LogP contribution < -0.4 is 10.4 Å². The van der Waals surface area contributed by atoms with E-state index in [0.29, 0.717) is 49.7 Å². The van der Waals surface area contributed by atoms with Gasteiger partial charge in [0.15, 0.2) is 0 Å². The van der Waals surface area contributed by atoms with Gasteiger partial charge in [0.1, 0.15) is 30.9 Å². The maximum atomic E-state index is 14.9. The van der Waals surface area contributed by atoms with Crippen LogP contribution in [0.4, 0.5) is 13.2 Å². The molecule has 0 aliphatic heterocycles. The van der Waals surface area contributed by atoms with Crippen LogP contribution in [0.25, 0.3) is 43.1 Å². The van der Waals surface area contributed by atoms with E-state index >= 15 is 0 Å². The minimum atomic E-state index is -4.88. The Morgan fingerprint density at radius 1 is 0.821 bits per heavy atom. The third kappa shape index (κ3) is 3.86. The standard InChI is InChI=1S/C30H15F3N6/c1-16-20(29(36-2)37-3)12-22-24(16)25(17-4-8-38-9-5-17)23-13-21(19(14-34)15-35)28(30(31,32)33)27(23)26(22)18-6-10-39-11-7-18/h4-11H,12-13H2,1H3. The first kappa shape index (κ1) is 25.2. The first-order chi connectivity index (χ1) is 18.8. The van der Waals surface area contributed by atoms with E-state index in [2.05, 4.69) is 19.7 Å². The van der Waals surface area contributed by atoms with E-state index in [0.717, 1.165) is 0 Å². The van der Waals surface area contributed by atoms with Gasteiger partial charge in [0.05, 0.1) is 11.1 Å². The van der Waals surface area contributed by atoms with E-state index < -0.39 is 17.3 Å². The predicted molar refractivity (Wildman–Crippen MR) is 137 cm³/mol. The topological polar surface area (TPSA) is 82.1 Å². The fraction of sp³-hybridized carbons (Fsp3) is 0.133. The number of nitriles is 2. The fourth-order valence-corrected chi connectivity index (χ4v) is 5.54. The van der Waals surface area contributed by atoms with Crippen molar-refractivity contribution in [2.45, 2.75) is 25.9 Å². The molecular formula is C30H15F3N6. The zero-order valence-corrected chi connectivity index (χ0v) is 20.4. The number of hydrogen-bond acceptors (Lipinski definition) is 4. The fourth-order valence-electron chi connectivity index (χ4n) is 5.54. The molecule has 0 spiro atoms. The van der Waals surface area contributed by atoms with Crippen molar-refractivity contribution in [2.75, 3.05) is 0 Å². The summed E-state index contributed by atoms with van der Waals surface area (Å²) in [5, 5.41) is 19.7. The Morgan fingerprint density at radius 2 is 1.28 bits per heavy atom. The van der Waals surface area contributed by atoms with Crippen LogP contribution in [0.1, 0.15) is 18.1 Å². The lowest BCUT2D eigenvalue weighted by atomic mass is 9.87. The van der Waals surface area contributed by atoms with E-state index in [1.807, 2.05) is 0 Å². The predicted octanol–water partition coefficient (Wildman–Crippen LogP) is 5.20. The summed E-state index contributed by atoms with van der Waals surface area (Å²) in [5.74, 6) is -0.137. The second-order valence-electron chi connectivity index (χ2n) is 8.88. The van der Waals surface area contributed by atoms with Crippen LogP contribution in [0, 0.1) is 35.8 Å². The van der Waals surface area contributed by atoms with Gasteiger partial charge >= 0.3 is 12.0 Å². The second-order valence-corrected chi connectivity index (χ2v) is 8.88. The normalized spacial score (nSPS) is 13.6. The van der Waals surface area contributed by atoms with Crippen LogP contribution in [0.5, 0.6) is 0 Å². The summed E-state index contributed by atoms with van der Waals surface area (Å²) < 4.78 is 44.7. The molecule has 0 atom stereocenters. The van der Waals surface area contributed by atoms with Crippen molar-refractivity contribution in [3.8, 4) is 34.4 Å². The van der Waals surface area contributed by atoms with Gasteiger partial charge in [-0.1, -0.05) is 0 Å². The summed E-state index contributed by atoms with van der Waals surface area (Å²) in [7, 11) is 0. The number of allylic oxidation sites excluding steroid dienone is 3. The van der Waals surface area contributed by atoms with E-state index in [1.54, 1.807) is 43.3 Å². The first-order valence-corrected chi connectivity index (χ1v) is 11.6. The van der Waals surface area contributed by atoms with Crippen LogP contribution in [-0.2, 0) is 12.8 Å². The monoisotopic (exact) mass is 516 g/mol. The molecule has 0 unspecified atom stereocenters. The van der Waals surface area contributed by atoms with Crippen LogP contribution >= 0.6 is 0 Å². The number of hydrogen-bond donors (Lipinski definition) is 0. The van der Waals surface area contributed by atoms with Gasteiger partial charge in [-0.15, -0.1) is 0 Å². The molecule has 6 nitrogen and oxygen atoms in total. The second kappa shape index (κ2) is 9.42. The minimum Gasteiger partial charge on any atom is -0.265 e. The summed E-state index contributed by atoms with van der Waals surface area (Å²) in [4.78, 5) is 14.8. The van der Waals surface area contributed by atoms with Gasteiger partial charge in [-0.2, -0.15) is 33.4 Å². The molecule has 2 aromatic heterocycles. The van der Waals surface area contributed by atoms with Crippen molar-refractivity contribution in [1.29, 1.82) is 10.5 Å². The first-order valence-electron chi connectivity index (χ1n) is 11.6. The molecule has 0 amide bonds. The molecule has 2 aliphatic rings. The van der Waals surface area contributed by atoms with Crippen LogP contribution in [0.3, 0.4) is 0 Å². The van der Waals surface area contributed by atoms with E-state index in [1.165, 1.54) is 24.8 Å². The van der Waals surface area contributed by atoms with Gasteiger partial charge in [0.2, 0.25) is 0 Å². The minimum absolute atomic E-state index is 0.0812. The Bertz CT molecular complexity index is 1890. The van der Waals surface area contributed by atoms with Gasteiger partial charge in [-0.05, 0) is 92.6 Å². The molecule has 186 valence electrons. The van der Waals surface area contributed by atoms with Gasteiger partial charge in [-0.25, -0.2) is 0 Å². The number of aromatic nitrogens is 2. The Hall–Kier alpha value is -5.51. The smallest absolute Gasteiger partial charge is 0.265 e. The zero-order valence-electron chi connectivity index (χ0n) is 20.4. The molecule has 2 aliphatic carbocycles. The molecule has 3 aromatic rings. The van der Waals surface area contributed by atoms with E-state index in [9.17, 15) is 23.7 Å².